The maximum Gasteiger partial charge on any atom is 0.234 e. The van der Waals surface area contributed by atoms with Gasteiger partial charge in [0.15, 0.2) is 5.16 Å². The number of anilines is 1. The highest BCUT2D eigenvalue weighted by atomic mass is 35.5. The molecule has 0 saturated carbocycles. The van der Waals surface area contributed by atoms with Crippen molar-refractivity contribution in [3.63, 3.8) is 0 Å². The Balaban J connectivity index is 1.63. The number of nitrogens with zero attached hydrogens (tertiary/aromatic N) is 3. The minimum absolute atomic E-state index is 0.181. The number of amides is 1. The molecule has 1 heterocycles. The van der Waals surface area contributed by atoms with E-state index < -0.39 is 0 Å². The molecule has 146 valence electrons. The van der Waals surface area contributed by atoms with Crippen LogP contribution in [0.25, 0.3) is 0 Å². The SMILES string of the molecule is CCn1c(Cc2ccc(Cl)cc2)nnc1SCC(=O)Nc1ccc(Cl)cc1Cl. The number of benzene rings is 2. The Labute approximate surface area is 182 Å². The fourth-order valence-corrected chi connectivity index (χ4v) is 3.97. The van der Waals surface area contributed by atoms with Crippen LogP contribution < -0.4 is 5.32 Å². The molecule has 0 aliphatic carbocycles. The lowest BCUT2D eigenvalue weighted by Gasteiger charge is -2.09. The maximum atomic E-state index is 12.3. The molecule has 3 aromatic rings. The van der Waals surface area contributed by atoms with E-state index in [2.05, 4.69) is 15.5 Å². The summed E-state index contributed by atoms with van der Waals surface area (Å²) in [5, 5.41) is 13.6. The second kappa shape index (κ2) is 9.65. The first-order chi connectivity index (χ1) is 13.5. The third-order valence-corrected chi connectivity index (χ3v) is 5.69. The van der Waals surface area contributed by atoms with E-state index in [1.54, 1.807) is 18.2 Å². The molecule has 0 unspecified atom stereocenters. The number of rotatable bonds is 7. The second-order valence-corrected chi connectivity index (χ2v) is 8.13. The number of hydrogen-bond acceptors (Lipinski definition) is 4. The van der Waals surface area contributed by atoms with E-state index in [4.69, 9.17) is 34.8 Å². The first-order valence-electron chi connectivity index (χ1n) is 8.50. The van der Waals surface area contributed by atoms with E-state index in [1.165, 1.54) is 11.8 Å². The molecule has 0 aliphatic heterocycles. The zero-order chi connectivity index (χ0) is 20.1. The molecular weight excluding hydrogens is 439 g/mol. The van der Waals surface area contributed by atoms with Crippen LogP contribution in [-0.2, 0) is 17.8 Å². The molecular formula is C19H17Cl3N4OS. The Kier molecular flexibility index (Phi) is 7.24. The van der Waals surface area contributed by atoms with Crippen molar-refractivity contribution in [3.8, 4) is 0 Å². The standard InChI is InChI=1S/C19H17Cl3N4OS/c1-2-26-17(9-12-3-5-13(20)6-4-12)24-25-19(26)28-11-18(27)23-16-8-7-14(21)10-15(16)22/h3-8,10H,2,9,11H2,1H3,(H,23,27). The molecule has 0 radical (unpaired) electrons. The molecule has 0 fully saturated rings. The second-order valence-electron chi connectivity index (χ2n) is 5.91. The van der Waals surface area contributed by atoms with Gasteiger partial charge in [-0.05, 0) is 42.8 Å². The molecule has 2 aromatic carbocycles. The minimum atomic E-state index is -0.181. The number of hydrogen-bond donors (Lipinski definition) is 1. The molecule has 9 heteroatoms. The predicted molar refractivity (Wildman–Crippen MR) is 116 cm³/mol. The zero-order valence-corrected chi connectivity index (χ0v) is 18.0. The number of thioether (sulfide) groups is 1. The van der Waals surface area contributed by atoms with E-state index in [1.807, 2.05) is 35.8 Å². The Hall–Kier alpha value is -1.73. The van der Waals surface area contributed by atoms with Crippen molar-refractivity contribution >= 4 is 58.2 Å². The molecule has 0 bridgehead atoms. The van der Waals surface area contributed by atoms with Crippen LogP contribution >= 0.6 is 46.6 Å². The molecule has 0 aliphatic rings. The van der Waals surface area contributed by atoms with Crippen molar-refractivity contribution < 1.29 is 4.79 Å². The molecule has 0 spiro atoms. The summed E-state index contributed by atoms with van der Waals surface area (Å²) in [6.07, 6.45) is 0.644. The summed E-state index contributed by atoms with van der Waals surface area (Å²) in [5.74, 6) is 0.852. The third kappa shape index (κ3) is 5.41. The van der Waals surface area contributed by atoms with Crippen LogP contribution in [0.2, 0.25) is 15.1 Å². The zero-order valence-electron chi connectivity index (χ0n) is 15.0. The molecule has 0 saturated heterocycles. The van der Waals surface area contributed by atoms with Gasteiger partial charge >= 0.3 is 0 Å². The van der Waals surface area contributed by atoms with E-state index in [0.29, 0.717) is 38.9 Å². The summed E-state index contributed by atoms with van der Waals surface area (Å²) in [5.41, 5.74) is 1.62. The molecule has 1 amide bonds. The van der Waals surface area contributed by atoms with Crippen molar-refractivity contribution in [3.05, 3.63) is 68.9 Å². The van der Waals surface area contributed by atoms with Crippen molar-refractivity contribution in [1.82, 2.24) is 14.8 Å². The largest absolute Gasteiger partial charge is 0.324 e. The summed E-state index contributed by atoms with van der Waals surface area (Å²) in [4.78, 5) is 12.3. The van der Waals surface area contributed by atoms with Crippen LogP contribution in [0.3, 0.4) is 0 Å². The molecule has 1 N–H and O–H groups in total. The van der Waals surface area contributed by atoms with Gasteiger partial charge in [-0.25, -0.2) is 0 Å². The lowest BCUT2D eigenvalue weighted by atomic mass is 10.1. The fourth-order valence-electron chi connectivity index (χ4n) is 2.57. The first-order valence-corrected chi connectivity index (χ1v) is 10.6. The van der Waals surface area contributed by atoms with Gasteiger partial charge in [-0.1, -0.05) is 58.7 Å². The first kappa shape index (κ1) is 21.0. The van der Waals surface area contributed by atoms with Gasteiger partial charge in [0.1, 0.15) is 5.82 Å². The van der Waals surface area contributed by atoms with Gasteiger partial charge in [0, 0.05) is 23.0 Å². The quantitative estimate of drug-likeness (QED) is 0.472. The van der Waals surface area contributed by atoms with Crippen molar-refractivity contribution in [2.75, 3.05) is 11.1 Å². The Bertz CT molecular complexity index is 976. The Morgan fingerprint density at radius 3 is 2.46 bits per heavy atom. The van der Waals surface area contributed by atoms with Gasteiger partial charge in [-0.15, -0.1) is 10.2 Å². The Morgan fingerprint density at radius 1 is 1.07 bits per heavy atom. The highest BCUT2D eigenvalue weighted by Crippen LogP contribution is 2.26. The molecule has 28 heavy (non-hydrogen) atoms. The highest BCUT2D eigenvalue weighted by molar-refractivity contribution is 7.99. The van der Waals surface area contributed by atoms with Gasteiger partial charge in [0.2, 0.25) is 5.91 Å². The fraction of sp³-hybridized carbons (Fsp3) is 0.211. The van der Waals surface area contributed by atoms with Gasteiger partial charge in [-0.3, -0.25) is 4.79 Å². The van der Waals surface area contributed by atoms with Crippen LogP contribution in [0.15, 0.2) is 47.6 Å². The number of nitrogens with one attached hydrogen (secondary N) is 1. The highest BCUT2D eigenvalue weighted by Gasteiger charge is 2.14. The van der Waals surface area contributed by atoms with Crippen LogP contribution in [0, 0.1) is 0 Å². The van der Waals surface area contributed by atoms with Gasteiger partial charge in [-0.2, -0.15) is 0 Å². The molecule has 5 nitrogen and oxygen atoms in total. The van der Waals surface area contributed by atoms with Crippen LogP contribution in [0.1, 0.15) is 18.3 Å². The lowest BCUT2D eigenvalue weighted by Crippen LogP contribution is -2.15. The van der Waals surface area contributed by atoms with Crippen molar-refractivity contribution in [1.29, 1.82) is 0 Å². The number of carbonyl (C=O) groups is 1. The van der Waals surface area contributed by atoms with E-state index in [0.717, 1.165) is 11.4 Å². The lowest BCUT2D eigenvalue weighted by molar-refractivity contribution is -0.113. The number of carbonyl (C=O) groups excluding carboxylic acids is 1. The van der Waals surface area contributed by atoms with Crippen molar-refractivity contribution in [2.24, 2.45) is 0 Å². The van der Waals surface area contributed by atoms with Crippen LogP contribution in [0.4, 0.5) is 5.69 Å². The average Bonchev–Trinajstić information content (AvgIpc) is 3.05. The summed E-state index contributed by atoms with van der Waals surface area (Å²) in [6, 6.07) is 12.6. The van der Waals surface area contributed by atoms with E-state index >= 15 is 0 Å². The van der Waals surface area contributed by atoms with Gasteiger partial charge in [0.05, 0.1) is 16.5 Å². The van der Waals surface area contributed by atoms with Gasteiger partial charge in [0.25, 0.3) is 0 Å². The predicted octanol–water partition coefficient (Wildman–Crippen LogP) is 5.58. The summed E-state index contributed by atoms with van der Waals surface area (Å²) >= 11 is 19.2. The molecule has 3 rings (SSSR count). The third-order valence-electron chi connectivity index (χ3n) is 3.92. The number of halogens is 3. The maximum absolute atomic E-state index is 12.3. The smallest absolute Gasteiger partial charge is 0.234 e. The molecule has 1 aromatic heterocycles. The minimum Gasteiger partial charge on any atom is -0.324 e. The van der Waals surface area contributed by atoms with Gasteiger partial charge < -0.3 is 9.88 Å². The summed E-state index contributed by atoms with van der Waals surface area (Å²) < 4.78 is 2.00. The summed E-state index contributed by atoms with van der Waals surface area (Å²) in [7, 11) is 0. The van der Waals surface area contributed by atoms with Crippen LogP contribution in [-0.4, -0.2) is 26.4 Å². The molecule has 0 atom stereocenters. The van der Waals surface area contributed by atoms with E-state index in [-0.39, 0.29) is 11.7 Å². The average molecular weight is 456 g/mol. The Morgan fingerprint density at radius 2 is 1.79 bits per heavy atom. The van der Waals surface area contributed by atoms with E-state index in [9.17, 15) is 4.79 Å². The summed E-state index contributed by atoms with van der Waals surface area (Å²) in [6.45, 7) is 2.73. The van der Waals surface area contributed by atoms with Crippen molar-refractivity contribution in [2.45, 2.75) is 25.0 Å². The number of aromatic nitrogens is 3. The normalized spacial score (nSPS) is 10.9. The monoisotopic (exact) mass is 454 g/mol. The van der Waals surface area contributed by atoms with Crippen LogP contribution in [0.5, 0.6) is 0 Å². The topological polar surface area (TPSA) is 59.8 Å².